The van der Waals surface area contributed by atoms with Gasteiger partial charge in [-0.25, -0.2) is 0 Å². The van der Waals surface area contributed by atoms with Crippen molar-refractivity contribution >= 4 is 28.6 Å². The van der Waals surface area contributed by atoms with Gasteiger partial charge in [0, 0.05) is 18.7 Å². The molecule has 0 aromatic heterocycles. The van der Waals surface area contributed by atoms with E-state index in [0.29, 0.717) is 23.0 Å². The number of benzene rings is 1. The van der Waals surface area contributed by atoms with E-state index in [0.717, 1.165) is 30.8 Å². The van der Waals surface area contributed by atoms with Crippen molar-refractivity contribution in [1.82, 2.24) is 0 Å². The first-order chi connectivity index (χ1) is 10.5. The van der Waals surface area contributed by atoms with Gasteiger partial charge in [-0.15, -0.1) is 0 Å². The van der Waals surface area contributed by atoms with Crippen molar-refractivity contribution < 1.29 is 9.47 Å². The lowest BCUT2D eigenvalue weighted by Gasteiger charge is -2.45. The van der Waals surface area contributed by atoms with Crippen molar-refractivity contribution in [1.29, 1.82) is 0 Å². The number of nitrogens with two attached hydrogens (primary N) is 1. The number of nitrogens with one attached hydrogen (secondary N) is 1. The second-order valence-corrected chi connectivity index (χ2v) is 6.18. The highest BCUT2D eigenvalue weighted by atomic mass is 32.1. The molecule has 0 saturated heterocycles. The Bertz CT molecular complexity index is 559. The molecular weight excluding hydrogens is 298 g/mol. The van der Waals surface area contributed by atoms with Crippen LogP contribution in [0.2, 0.25) is 0 Å². The normalized spacial score (nSPS) is 15.7. The molecule has 1 aromatic rings. The summed E-state index contributed by atoms with van der Waals surface area (Å²) in [4.78, 5) is 2.71. The number of thiocarbonyl (C=S) groups is 1. The number of anilines is 2. The molecule has 22 heavy (non-hydrogen) atoms. The Morgan fingerprint density at radius 3 is 2.36 bits per heavy atom. The first kappa shape index (κ1) is 16.7. The summed E-state index contributed by atoms with van der Waals surface area (Å²) in [6.07, 6.45) is 2.04. The predicted octanol–water partition coefficient (Wildman–Crippen LogP) is 2.78. The van der Waals surface area contributed by atoms with Crippen LogP contribution in [0.3, 0.4) is 0 Å². The van der Waals surface area contributed by atoms with Gasteiger partial charge in [0.15, 0.2) is 11.5 Å². The molecule has 0 saturated carbocycles. The SMILES string of the molecule is CCC1(CC)CN(CC(N)=S)c2cc(OC)c(OC)cc2N1. The molecule has 0 radical (unpaired) electrons. The smallest absolute Gasteiger partial charge is 0.162 e. The number of methoxy groups -OCH3 is 2. The van der Waals surface area contributed by atoms with Crippen LogP contribution in [-0.2, 0) is 0 Å². The number of ether oxygens (including phenoxy) is 2. The van der Waals surface area contributed by atoms with Crippen molar-refractivity contribution in [2.75, 3.05) is 37.5 Å². The standard InChI is InChI=1S/C16H25N3O2S/c1-5-16(6-2)10-19(9-15(17)22)12-8-14(21-4)13(20-3)7-11(12)18-16/h7-8,18H,5-6,9-10H2,1-4H3,(H2,17,22). The third-order valence-electron chi connectivity index (χ3n) is 4.44. The summed E-state index contributed by atoms with van der Waals surface area (Å²) in [7, 11) is 3.29. The molecule has 0 bridgehead atoms. The Hall–Kier alpha value is -1.69. The van der Waals surface area contributed by atoms with Gasteiger partial charge in [0.2, 0.25) is 0 Å². The van der Waals surface area contributed by atoms with E-state index >= 15 is 0 Å². The zero-order chi connectivity index (χ0) is 16.3. The minimum Gasteiger partial charge on any atom is -0.493 e. The van der Waals surface area contributed by atoms with Crippen LogP contribution in [0.5, 0.6) is 11.5 Å². The number of hydrogen-bond donors (Lipinski definition) is 2. The maximum atomic E-state index is 5.79. The Kier molecular flexibility index (Phi) is 5.01. The second kappa shape index (κ2) is 6.60. The number of rotatable bonds is 6. The van der Waals surface area contributed by atoms with Gasteiger partial charge in [-0.05, 0) is 12.8 Å². The second-order valence-electron chi connectivity index (χ2n) is 5.66. The maximum absolute atomic E-state index is 5.79. The number of nitrogens with zero attached hydrogens (tertiary/aromatic N) is 1. The van der Waals surface area contributed by atoms with Gasteiger partial charge < -0.3 is 25.4 Å². The summed E-state index contributed by atoms with van der Waals surface area (Å²) in [5.41, 5.74) is 7.88. The molecule has 1 aromatic carbocycles. The summed E-state index contributed by atoms with van der Waals surface area (Å²) < 4.78 is 10.8. The van der Waals surface area contributed by atoms with E-state index in [9.17, 15) is 0 Å². The summed E-state index contributed by atoms with van der Waals surface area (Å²) in [5, 5.41) is 3.68. The minimum atomic E-state index is 0.0113. The molecule has 122 valence electrons. The molecule has 0 amide bonds. The zero-order valence-corrected chi connectivity index (χ0v) is 14.5. The Labute approximate surface area is 137 Å². The Morgan fingerprint density at radius 1 is 1.27 bits per heavy atom. The van der Waals surface area contributed by atoms with E-state index < -0.39 is 0 Å². The van der Waals surface area contributed by atoms with Crippen LogP contribution >= 0.6 is 12.2 Å². The average Bonchev–Trinajstić information content (AvgIpc) is 2.52. The molecule has 2 rings (SSSR count). The Balaban J connectivity index is 2.52. The summed E-state index contributed by atoms with van der Waals surface area (Å²) in [6, 6.07) is 3.97. The third-order valence-corrected chi connectivity index (χ3v) is 4.57. The highest BCUT2D eigenvalue weighted by molar-refractivity contribution is 7.80. The molecule has 1 aliphatic rings. The molecule has 1 heterocycles. The highest BCUT2D eigenvalue weighted by Crippen LogP contribution is 2.43. The van der Waals surface area contributed by atoms with Gasteiger partial charge in [-0.3, -0.25) is 0 Å². The number of fused-ring (bicyclic) bond motifs is 1. The van der Waals surface area contributed by atoms with Crippen molar-refractivity contribution in [3.8, 4) is 11.5 Å². The highest BCUT2D eigenvalue weighted by Gasteiger charge is 2.35. The molecule has 1 aliphatic heterocycles. The van der Waals surface area contributed by atoms with Gasteiger partial charge >= 0.3 is 0 Å². The monoisotopic (exact) mass is 323 g/mol. The van der Waals surface area contributed by atoms with Crippen LogP contribution < -0.4 is 25.4 Å². The summed E-state index contributed by atoms with van der Waals surface area (Å²) in [6.45, 7) is 5.81. The summed E-state index contributed by atoms with van der Waals surface area (Å²) in [5.74, 6) is 1.42. The fourth-order valence-corrected chi connectivity index (χ4v) is 3.14. The zero-order valence-electron chi connectivity index (χ0n) is 13.7. The van der Waals surface area contributed by atoms with Gasteiger partial charge in [-0.1, -0.05) is 26.1 Å². The van der Waals surface area contributed by atoms with Crippen LogP contribution in [0.1, 0.15) is 26.7 Å². The van der Waals surface area contributed by atoms with Crippen LogP contribution in [0.15, 0.2) is 12.1 Å². The van der Waals surface area contributed by atoms with E-state index in [1.54, 1.807) is 14.2 Å². The molecule has 0 unspecified atom stereocenters. The topological polar surface area (TPSA) is 59.8 Å². The Morgan fingerprint density at radius 2 is 1.86 bits per heavy atom. The average molecular weight is 323 g/mol. The molecule has 0 aliphatic carbocycles. The van der Waals surface area contributed by atoms with E-state index in [-0.39, 0.29) is 5.54 Å². The molecule has 0 spiro atoms. The largest absolute Gasteiger partial charge is 0.493 e. The lowest BCUT2D eigenvalue weighted by atomic mass is 9.89. The third kappa shape index (κ3) is 3.06. The van der Waals surface area contributed by atoms with Gasteiger partial charge in [0.1, 0.15) is 0 Å². The first-order valence-corrected chi connectivity index (χ1v) is 7.96. The summed E-state index contributed by atoms with van der Waals surface area (Å²) >= 11 is 5.12. The van der Waals surface area contributed by atoms with Crippen molar-refractivity contribution in [2.45, 2.75) is 32.2 Å². The maximum Gasteiger partial charge on any atom is 0.162 e. The quantitative estimate of drug-likeness (QED) is 0.785. The van der Waals surface area contributed by atoms with E-state index in [1.165, 1.54) is 0 Å². The fraction of sp³-hybridized carbons (Fsp3) is 0.562. The van der Waals surface area contributed by atoms with Crippen LogP contribution in [0.25, 0.3) is 0 Å². The van der Waals surface area contributed by atoms with E-state index in [4.69, 9.17) is 27.4 Å². The van der Waals surface area contributed by atoms with Crippen LogP contribution in [0, 0.1) is 0 Å². The van der Waals surface area contributed by atoms with Crippen LogP contribution in [0.4, 0.5) is 11.4 Å². The predicted molar refractivity (Wildman–Crippen MR) is 95.5 cm³/mol. The van der Waals surface area contributed by atoms with Gasteiger partial charge in [-0.2, -0.15) is 0 Å². The van der Waals surface area contributed by atoms with Crippen LogP contribution in [-0.4, -0.2) is 37.8 Å². The first-order valence-electron chi connectivity index (χ1n) is 7.56. The van der Waals surface area contributed by atoms with Crippen molar-refractivity contribution in [3.05, 3.63) is 12.1 Å². The minimum absolute atomic E-state index is 0.0113. The van der Waals surface area contributed by atoms with Gasteiger partial charge in [0.05, 0.1) is 42.7 Å². The van der Waals surface area contributed by atoms with Crippen molar-refractivity contribution in [2.24, 2.45) is 5.73 Å². The molecule has 5 nitrogen and oxygen atoms in total. The molecule has 0 fully saturated rings. The fourth-order valence-electron chi connectivity index (χ4n) is 2.99. The number of hydrogen-bond acceptors (Lipinski definition) is 5. The lowest BCUT2D eigenvalue weighted by Crippen LogP contribution is -2.53. The van der Waals surface area contributed by atoms with E-state index in [2.05, 4.69) is 24.1 Å². The van der Waals surface area contributed by atoms with Crippen molar-refractivity contribution in [3.63, 3.8) is 0 Å². The lowest BCUT2D eigenvalue weighted by molar-refractivity contribution is 0.354. The molecule has 6 heteroatoms. The van der Waals surface area contributed by atoms with E-state index in [1.807, 2.05) is 12.1 Å². The molecule has 3 N–H and O–H groups in total. The molecule has 0 atom stereocenters. The van der Waals surface area contributed by atoms with Gasteiger partial charge in [0.25, 0.3) is 0 Å². The molecular formula is C16H25N3O2S.